The molecule has 1 N–H and O–H groups in total. The number of benzene rings is 1. The SMILES string of the molecule is FC(F)(F)C1CCC(NCc2ccc3c(c2)OCO3)CC1. The van der Waals surface area contributed by atoms with Gasteiger partial charge in [-0.15, -0.1) is 0 Å². The fourth-order valence-corrected chi connectivity index (χ4v) is 2.94. The van der Waals surface area contributed by atoms with Crippen molar-refractivity contribution in [1.82, 2.24) is 5.32 Å². The van der Waals surface area contributed by atoms with Gasteiger partial charge in [-0.25, -0.2) is 0 Å². The van der Waals surface area contributed by atoms with Crippen LogP contribution in [0.5, 0.6) is 11.5 Å². The van der Waals surface area contributed by atoms with Gasteiger partial charge in [0.05, 0.1) is 5.92 Å². The van der Waals surface area contributed by atoms with Crippen LogP contribution in [0.1, 0.15) is 31.2 Å². The molecule has 1 heterocycles. The molecule has 3 nitrogen and oxygen atoms in total. The average molecular weight is 301 g/mol. The van der Waals surface area contributed by atoms with Crippen molar-refractivity contribution in [3.8, 4) is 11.5 Å². The Morgan fingerprint density at radius 3 is 2.48 bits per heavy atom. The van der Waals surface area contributed by atoms with Crippen molar-refractivity contribution in [2.45, 2.75) is 44.4 Å². The van der Waals surface area contributed by atoms with Crippen LogP contribution in [0.25, 0.3) is 0 Å². The molecule has 0 spiro atoms. The summed E-state index contributed by atoms with van der Waals surface area (Å²) in [4.78, 5) is 0. The molecule has 0 bridgehead atoms. The zero-order valence-corrected chi connectivity index (χ0v) is 11.6. The maximum Gasteiger partial charge on any atom is 0.391 e. The predicted molar refractivity (Wildman–Crippen MR) is 71.2 cm³/mol. The van der Waals surface area contributed by atoms with Crippen LogP contribution in [0.2, 0.25) is 0 Å². The highest BCUT2D eigenvalue weighted by atomic mass is 19.4. The quantitative estimate of drug-likeness (QED) is 0.925. The highest BCUT2D eigenvalue weighted by Gasteiger charge is 2.41. The van der Waals surface area contributed by atoms with E-state index in [0.717, 1.165) is 17.1 Å². The Morgan fingerprint density at radius 2 is 1.76 bits per heavy atom. The molecule has 1 fully saturated rings. The van der Waals surface area contributed by atoms with E-state index in [4.69, 9.17) is 9.47 Å². The second kappa shape index (κ2) is 5.75. The summed E-state index contributed by atoms with van der Waals surface area (Å²) in [5, 5.41) is 3.34. The van der Waals surface area contributed by atoms with Crippen LogP contribution >= 0.6 is 0 Å². The summed E-state index contributed by atoms with van der Waals surface area (Å²) in [6.07, 6.45) is -2.43. The molecule has 1 aliphatic heterocycles. The van der Waals surface area contributed by atoms with E-state index in [9.17, 15) is 13.2 Å². The van der Waals surface area contributed by atoms with Crippen molar-refractivity contribution in [2.75, 3.05) is 6.79 Å². The maximum atomic E-state index is 12.6. The Bertz CT molecular complexity index is 496. The molecular formula is C15H18F3NO2. The molecule has 0 atom stereocenters. The van der Waals surface area contributed by atoms with E-state index in [1.165, 1.54) is 0 Å². The van der Waals surface area contributed by atoms with Gasteiger partial charge >= 0.3 is 6.18 Å². The molecule has 0 aromatic heterocycles. The smallest absolute Gasteiger partial charge is 0.391 e. The van der Waals surface area contributed by atoms with Gasteiger partial charge in [0, 0.05) is 12.6 Å². The second-order valence-corrected chi connectivity index (χ2v) is 5.66. The van der Waals surface area contributed by atoms with Crippen molar-refractivity contribution in [3.05, 3.63) is 23.8 Å². The Morgan fingerprint density at radius 1 is 1.05 bits per heavy atom. The molecule has 0 radical (unpaired) electrons. The monoisotopic (exact) mass is 301 g/mol. The highest BCUT2D eigenvalue weighted by Crippen LogP contribution is 2.37. The lowest BCUT2D eigenvalue weighted by molar-refractivity contribution is -0.182. The van der Waals surface area contributed by atoms with Crippen LogP contribution in [0.4, 0.5) is 13.2 Å². The van der Waals surface area contributed by atoms with Crippen LogP contribution in [0, 0.1) is 5.92 Å². The Hall–Kier alpha value is -1.43. The summed E-state index contributed by atoms with van der Waals surface area (Å²) in [6, 6.07) is 5.88. The van der Waals surface area contributed by atoms with E-state index in [0.29, 0.717) is 19.4 Å². The van der Waals surface area contributed by atoms with Gasteiger partial charge in [0.25, 0.3) is 0 Å². The van der Waals surface area contributed by atoms with Gasteiger partial charge < -0.3 is 14.8 Å². The average Bonchev–Trinajstić information content (AvgIpc) is 2.92. The van der Waals surface area contributed by atoms with Gasteiger partial charge in [0.2, 0.25) is 6.79 Å². The third-order valence-corrected chi connectivity index (χ3v) is 4.22. The minimum atomic E-state index is -4.04. The topological polar surface area (TPSA) is 30.5 Å². The summed E-state index contributed by atoms with van der Waals surface area (Å²) < 4.78 is 48.4. The lowest BCUT2D eigenvalue weighted by atomic mass is 9.85. The van der Waals surface area contributed by atoms with Gasteiger partial charge in [0.1, 0.15) is 0 Å². The molecule has 0 amide bonds. The summed E-state index contributed by atoms with van der Waals surface area (Å²) in [6.45, 7) is 0.881. The molecule has 1 aliphatic carbocycles. The number of hydrogen-bond acceptors (Lipinski definition) is 3. The zero-order chi connectivity index (χ0) is 14.9. The number of hydrogen-bond donors (Lipinski definition) is 1. The Kier molecular flexibility index (Phi) is 3.97. The van der Waals surface area contributed by atoms with Crippen molar-refractivity contribution < 1.29 is 22.6 Å². The number of rotatable bonds is 3. The van der Waals surface area contributed by atoms with Crippen LogP contribution in [0.3, 0.4) is 0 Å². The van der Waals surface area contributed by atoms with Crippen molar-refractivity contribution in [3.63, 3.8) is 0 Å². The molecule has 1 aromatic rings. The number of fused-ring (bicyclic) bond motifs is 1. The first-order valence-electron chi connectivity index (χ1n) is 7.21. The van der Waals surface area contributed by atoms with Gasteiger partial charge in [-0.05, 0) is 43.4 Å². The van der Waals surface area contributed by atoms with E-state index in [-0.39, 0.29) is 25.7 Å². The standard InChI is InChI=1S/C15H18F3NO2/c16-15(17,18)11-2-4-12(5-3-11)19-8-10-1-6-13-14(7-10)21-9-20-13/h1,6-7,11-12,19H,2-5,8-9H2. The van der Waals surface area contributed by atoms with E-state index >= 15 is 0 Å². The molecule has 0 saturated heterocycles. The molecule has 21 heavy (non-hydrogen) atoms. The number of ether oxygens (including phenoxy) is 2. The van der Waals surface area contributed by atoms with Crippen LogP contribution in [0.15, 0.2) is 18.2 Å². The Labute approximate surface area is 121 Å². The lowest BCUT2D eigenvalue weighted by Crippen LogP contribution is -2.36. The largest absolute Gasteiger partial charge is 0.454 e. The van der Waals surface area contributed by atoms with E-state index in [2.05, 4.69) is 5.32 Å². The third kappa shape index (κ3) is 3.43. The second-order valence-electron chi connectivity index (χ2n) is 5.66. The number of halogens is 3. The molecule has 116 valence electrons. The zero-order valence-electron chi connectivity index (χ0n) is 11.6. The molecule has 6 heteroatoms. The predicted octanol–water partition coefficient (Wildman–Crippen LogP) is 3.63. The summed E-state index contributed by atoms with van der Waals surface area (Å²) >= 11 is 0. The third-order valence-electron chi connectivity index (χ3n) is 4.22. The first kappa shape index (κ1) is 14.5. The highest BCUT2D eigenvalue weighted by molar-refractivity contribution is 5.44. The van der Waals surface area contributed by atoms with Crippen LogP contribution < -0.4 is 14.8 Å². The number of nitrogens with one attached hydrogen (secondary N) is 1. The van der Waals surface area contributed by atoms with Crippen LogP contribution in [-0.2, 0) is 6.54 Å². The summed E-state index contributed by atoms with van der Waals surface area (Å²) in [5.41, 5.74) is 1.05. The van der Waals surface area contributed by atoms with E-state index < -0.39 is 12.1 Å². The van der Waals surface area contributed by atoms with E-state index in [1.807, 2.05) is 18.2 Å². The van der Waals surface area contributed by atoms with Gasteiger partial charge in [-0.3, -0.25) is 0 Å². The minimum Gasteiger partial charge on any atom is -0.454 e. The molecule has 0 unspecified atom stereocenters. The van der Waals surface area contributed by atoms with Gasteiger partial charge in [-0.1, -0.05) is 6.07 Å². The molecule has 3 rings (SSSR count). The molecule has 1 saturated carbocycles. The van der Waals surface area contributed by atoms with Crippen molar-refractivity contribution >= 4 is 0 Å². The Balaban J connectivity index is 1.48. The molecule has 1 aromatic carbocycles. The first-order valence-corrected chi connectivity index (χ1v) is 7.21. The minimum absolute atomic E-state index is 0.161. The first-order chi connectivity index (χ1) is 10.0. The van der Waals surface area contributed by atoms with Gasteiger partial charge in [0.15, 0.2) is 11.5 Å². The lowest BCUT2D eigenvalue weighted by Gasteiger charge is -2.30. The van der Waals surface area contributed by atoms with Crippen LogP contribution in [-0.4, -0.2) is 19.0 Å². The fraction of sp³-hybridized carbons (Fsp3) is 0.600. The van der Waals surface area contributed by atoms with Gasteiger partial charge in [-0.2, -0.15) is 13.2 Å². The van der Waals surface area contributed by atoms with Crippen molar-refractivity contribution in [2.24, 2.45) is 5.92 Å². The fourth-order valence-electron chi connectivity index (χ4n) is 2.94. The maximum absolute atomic E-state index is 12.6. The number of alkyl halides is 3. The van der Waals surface area contributed by atoms with E-state index in [1.54, 1.807) is 0 Å². The molecular weight excluding hydrogens is 283 g/mol. The van der Waals surface area contributed by atoms with Crippen molar-refractivity contribution in [1.29, 1.82) is 0 Å². The summed E-state index contributed by atoms with van der Waals surface area (Å²) in [7, 11) is 0. The normalized spacial score (nSPS) is 25.1. The summed E-state index contributed by atoms with van der Waals surface area (Å²) in [5.74, 6) is 0.348. The molecule has 2 aliphatic rings.